The van der Waals surface area contributed by atoms with Crippen LogP contribution in [0.4, 0.5) is 11.4 Å². The fourth-order valence-corrected chi connectivity index (χ4v) is 1.88. The molecule has 0 aromatic heterocycles. The third-order valence-electron chi connectivity index (χ3n) is 2.88. The van der Waals surface area contributed by atoms with E-state index in [1.807, 2.05) is 0 Å². The van der Waals surface area contributed by atoms with Gasteiger partial charge in [0.15, 0.2) is 0 Å². The van der Waals surface area contributed by atoms with E-state index in [0.29, 0.717) is 23.4 Å². The summed E-state index contributed by atoms with van der Waals surface area (Å²) in [5.41, 5.74) is 13.3. The Morgan fingerprint density at radius 1 is 1.32 bits per heavy atom. The second-order valence-electron chi connectivity index (χ2n) is 5.68. The molecule has 1 rings (SSSR count). The van der Waals surface area contributed by atoms with Crippen LogP contribution in [0.1, 0.15) is 43.1 Å². The third-order valence-corrected chi connectivity index (χ3v) is 2.88. The molecule has 0 aliphatic rings. The number of benzene rings is 1. The van der Waals surface area contributed by atoms with E-state index >= 15 is 0 Å². The number of carboxylic acid groups (broad SMARTS) is 1. The van der Waals surface area contributed by atoms with Gasteiger partial charge in [-0.25, -0.2) is 4.79 Å². The first-order valence-electron chi connectivity index (χ1n) is 6.37. The molecule has 0 saturated carbocycles. The zero-order chi connectivity index (χ0) is 14.6. The van der Waals surface area contributed by atoms with E-state index in [4.69, 9.17) is 16.6 Å². The second-order valence-corrected chi connectivity index (χ2v) is 5.68. The van der Waals surface area contributed by atoms with Gasteiger partial charge in [-0.1, -0.05) is 0 Å². The Morgan fingerprint density at radius 2 is 1.95 bits per heavy atom. The number of aromatic carboxylic acids is 1. The summed E-state index contributed by atoms with van der Waals surface area (Å²) in [5, 5.41) is 12.5. The molecule has 0 amide bonds. The van der Waals surface area contributed by atoms with E-state index in [1.54, 1.807) is 0 Å². The molecule has 0 bridgehead atoms. The standard InChI is InChI=1S/C14H23N3O2/c1-14(2,3)17-8-4-5-9-10(13(18)19)6-7-11(15)12(9)16/h6-7,17H,4-5,8,15-16H2,1-3H3,(H,18,19). The van der Waals surface area contributed by atoms with E-state index in [1.165, 1.54) is 12.1 Å². The van der Waals surface area contributed by atoms with Crippen LogP contribution >= 0.6 is 0 Å². The average molecular weight is 265 g/mol. The molecule has 5 heteroatoms. The van der Waals surface area contributed by atoms with Crippen molar-refractivity contribution in [2.45, 2.75) is 39.2 Å². The summed E-state index contributed by atoms with van der Waals surface area (Å²) in [6, 6.07) is 3.05. The van der Waals surface area contributed by atoms with Gasteiger partial charge in [0.2, 0.25) is 0 Å². The number of hydrogen-bond acceptors (Lipinski definition) is 4. The van der Waals surface area contributed by atoms with Crippen molar-refractivity contribution in [3.8, 4) is 0 Å². The maximum absolute atomic E-state index is 11.2. The van der Waals surface area contributed by atoms with Crippen LogP contribution in [0.15, 0.2) is 12.1 Å². The minimum absolute atomic E-state index is 0.0525. The van der Waals surface area contributed by atoms with Crippen molar-refractivity contribution < 1.29 is 9.90 Å². The van der Waals surface area contributed by atoms with Gasteiger partial charge in [0, 0.05) is 5.54 Å². The summed E-state index contributed by atoms with van der Waals surface area (Å²) >= 11 is 0. The lowest BCUT2D eigenvalue weighted by Gasteiger charge is -2.20. The maximum Gasteiger partial charge on any atom is 0.336 e. The SMILES string of the molecule is CC(C)(C)NCCCc1c(C(=O)O)ccc(N)c1N. The Morgan fingerprint density at radius 3 is 2.47 bits per heavy atom. The second kappa shape index (κ2) is 5.93. The van der Waals surface area contributed by atoms with Crippen LogP contribution < -0.4 is 16.8 Å². The normalized spacial score (nSPS) is 11.5. The Labute approximate surface area is 114 Å². The molecule has 0 aliphatic carbocycles. The molecule has 0 atom stereocenters. The number of nitrogen functional groups attached to an aromatic ring is 2. The van der Waals surface area contributed by atoms with Gasteiger partial charge in [0.25, 0.3) is 0 Å². The highest BCUT2D eigenvalue weighted by Gasteiger charge is 2.15. The first kappa shape index (κ1) is 15.3. The minimum atomic E-state index is -0.967. The van der Waals surface area contributed by atoms with E-state index < -0.39 is 5.97 Å². The maximum atomic E-state index is 11.2. The first-order chi connectivity index (χ1) is 8.72. The molecule has 0 fully saturated rings. The van der Waals surface area contributed by atoms with Gasteiger partial charge < -0.3 is 21.9 Å². The first-order valence-corrected chi connectivity index (χ1v) is 6.37. The Hall–Kier alpha value is -1.75. The summed E-state index contributed by atoms with van der Waals surface area (Å²) in [6.45, 7) is 7.07. The quantitative estimate of drug-likeness (QED) is 0.481. The van der Waals surface area contributed by atoms with Gasteiger partial charge in [-0.3, -0.25) is 0 Å². The van der Waals surface area contributed by atoms with Gasteiger partial charge in [0.05, 0.1) is 16.9 Å². The molecule has 6 N–H and O–H groups in total. The molecule has 5 nitrogen and oxygen atoms in total. The summed E-state index contributed by atoms with van der Waals surface area (Å²) < 4.78 is 0. The van der Waals surface area contributed by atoms with Crippen molar-refractivity contribution in [2.75, 3.05) is 18.0 Å². The number of nitrogens with one attached hydrogen (secondary N) is 1. The fraction of sp³-hybridized carbons (Fsp3) is 0.500. The Kier molecular flexibility index (Phi) is 4.78. The molecule has 1 aromatic rings. The van der Waals surface area contributed by atoms with Crippen molar-refractivity contribution in [3.63, 3.8) is 0 Å². The third kappa shape index (κ3) is 4.44. The fourth-order valence-electron chi connectivity index (χ4n) is 1.88. The van der Waals surface area contributed by atoms with Gasteiger partial charge in [0.1, 0.15) is 0 Å². The highest BCUT2D eigenvalue weighted by Crippen LogP contribution is 2.25. The van der Waals surface area contributed by atoms with Crippen molar-refractivity contribution in [1.29, 1.82) is 0 Å². The highest BCUT2D eigenvalue weighted by atomic mass is 16.4. The van der Waals surface area contributed by atoms with Crippen LogP contribution in [0.25, 0.3) is 0 Å². The zero-order valence-electron chi connectivity index (χ0n) is 11.8. The Balaban J connectivity index is 2.77. The molecule has 0 radical (unpaired) electrons. The molecule has 0 unspecified atom stereocenters. The predicted octanol–water partition coefficient (Wildman–Crippen LogP) is 1.87. The van der Waals surface area contributed by atoms with Crippen LogP contribution in [-0.4, -0.2) is 23.2 Å². The highest BCUT2D eigenvalue weighted by molar-refractivity contribution is 5.93. The smallest absolute Gasteiger partial charge is 0.336 e. The summed E-state index contributed by atoms with van der Waals surface area (Å²) in [4.78, 5) is 11.2. The molecule has 19 heavy (non-hydrogen) atoms. The van der Waals surface area contributed by atoms with Gasteiger partial charge in [-0.2, -0.15) is 0 Å². The number of hydrogen-bond donors (Lipinski definition) is 4. The lowest BCUT2D eigenvalue weighted by atomic mass is 9.99. The van der Waals surface area contributed by atoms with E-state index in [0.717, 1.165) is 13.0 Å². The van der Waals surface area contributed by atoms with Crippen molar-refractivity contribution in [3.05, 3.63) is 23.3 Å². The lowest BCUT2D eigenvalue weighted by molar-refractivity contribution is 0.0695. The molecule has 1 aromatic carbocycles. The van der Waals surface area contributed by atoms with E-state index in [-0.39, 0.29) is 11.1 Å². The molecule has 0 aliphatic heterocycles. The molecular weight excluding hydrogens is 242 g/mol. The topological polar surface area (TPSA) is 101 Å². The molecule has 0 saturated heterocycles. The minimum Gasteiger partial charge on any atom is -0.478 e. The number of rotatable bonds is 5. The summed E-state index contributed by atoms with van der Waals surface area (Å²) in [7, 11) is 0. The monoisotopic (exact) mass is 265 g/mol. The number of carbonyl (C=O) groups is 1. The van der Waals surface area contributed by atoms with Gasteiger partial charge in [-0.05, 0) is 57.9 Å². The summed E-state index contributed by atoms with van der Waals surface area (Å²) in [5.74, 6) is -0.967. The number of nitrogens with two attached hydrogens (primary N) is 2. The van der Waals surface area contributed by atoms with Crippen LogP contribution in [0.3, 0.4) is 0 Å². The zero-order valence-corrected chi connectivity index (χ0v) is 11.8. The number of anilines is 2. The van der Waals surface area contributed by atoms with Crippen molar-refractivity contribution in [2.24, 2.45) is 0 Å². The molecule has 0 heterocycles. The summed E-state index contributed by atoms with van der Waals surface area (Å²) in [6.07, 6.45) is 1.41. The van der Waals surface area contributed by atoms with E-state index in [9.17, 15) is 4.79 Å². The van der Waals surface area contributed by atoms with Gasteiger partial charge >= 0.3 is 5.97 Å². The average Bonchev–Trinajstić information content (AvgIpc) is 2.28. The van der Waals surface area contributed by atoms with Crippen molar-refractivity contribution >= 4 is 17.3 Å². The largest absolute Gasteiger partial charge is 0.478 e. The van der Waals surface area contributed by atoms with Crippen LogP contribution in [0.2, 0.25) is 0 Å². The molecule has 106 valence electrons. The predicted molar refractivity (Wildman–Crippen MR) is 78.3 cm³/mol. The van der Waals surface area contributed by atoms with Gasteiger partial charge in [-0.15, -0.1) is 0 Å². The van der Waals surface area contributed by atoms with E-state index in [2.05, 4.69) is 26.1 Å². The Bertz CT molecular complexity index is 464. The molecule has 0 spiro atoms. The number of carboxylic acids is 1. The van der Waals surface area contributed by atoms with Crippen LogP contribution in [0, 0.1) is 0 Å². The van der Waals surface area contributed by atoms with Crippen LogP contribution in [0.5, 0.6) is 0 Å². The lowest BCUT2D eigenvalue weighted by Crippen LogP contribution is -2.36. The van der Waals surface area contributed by atoms with Crippen molar-refractivity contribution in [1.82, 2.24) is 5.32 Å². The molecular formula is C14H23N3O2. The van der Waals surface area contributed by atoms with Crippen LogP contribution in [-0.2, 0) is 6.42 Å².